The molecular weight excluding hydrogens is 388 g/mol. The molecule has 0 aromatic heterocycles. The first-order valence-corrected chi connectivity index (χ1v) is 11.6. The Morgan fingerprint density at radius 3 is 2.69 bits per heavy atom. The molecular formula is C23H37ClN2O3. The molecule has 1 saturated heterocycles. The van der Waals surface area contributed by atoms with Crippen molar-refractivity contribution in [3.05, 3.63) is 0 Å². The Morgan fingerprint density at radius 2 is 1.93 bits per heavy atom. The minimum absolute atomic E-state index is 0. The third kappa shape index (κ3) is 3.36. The lowest BCUT2D eigenvalue weighted by atomic mass is 9.44. The topological polar surface area (TPSA) is 70.9 Å². The number of nitrogens with zero attached hydrogens (tertiary/aromatic N) is 1. The number of nitrogens with one attached hydrogen (secondary N) is 1. The van der Waals surface area contributed by atoms with Gasteiger partial charge in [-0.3, -0.25) is 4.79 Å². The summed E-state index contributed by atoms with van der Waals surface area (Å²) in [6.07, 6.45) is 8.80. The molecule has 0 aromatic carbocycles. The molecule has 5 rings (SSSR count). The quantitative estimate of drug-likeness (QED) is 0.662. The number of hydrogen-bond donors (Lipinski definition) is 2. The Bertz CT molecular complexity index is 679. The Balaban J connectivity index is 0.00000205. The standard InChI is InChI=1S/C23H36N2O3.ClH/c1-22-8-5-14(25-28-15-7-10-24-13-15)11-19(22)20(26)12-16-17-3-4-21(27)23(17,2)9-6-18(16)22;/h15-20,24,26H,3-13H2,1-2H3;1H/t15-,16+,17+,18+,19?,20-,22-,23+;/m1./s1. The van der Waals surface area contributed by atoms with Gasteiger partial charge in [-0.1, -0.05) is 19.0 Å². The summed E-state index contributed by atoms with van der Waals surface area (Å²) in [4.78, 5) is 18.4. The van der Waals surface area contributed by atoms with Gasteiger partial charge in [0.2, 0.25) is 0 Å². The minimum Gasteiger partial charge on any atom is -0.393 e. The van der Waals surface area contributed by atoms with Gasteiger partial charge in [0, 0.05) is 24.8 Å². The Kier molecular flexibility index (Phi) is 5.80. The molecule has 164 valence electrons. The second kappa shape index (κ2) is 7.80. The van der Waals surface area contributed by atoms with Gasteiger partial charge in [-0.05, 0) is 80.6 Å². The van der Waals surface area contributed by atoms with Crippen LogP contribution in [0.2, 0.25) is 0 Å². The molecule has 1 aliphatic heterocycles. The van der Waals surface area contributed by atoms with Gasteiger partial charge in [-0.2, -0.15) is 0 Å². The van der Waals surface area contributed by atoms with E-state index in [1.54, 1.807) is 0 Å². The zero-order valence-corrected chi connectivity index (χ0v) is 18.7. The molecule has 4 saturated carbocycles. The highest BCUT2D eigenvalue weighted by Gasteiger charge is 2.61. The molecule has 5 nitrogen and oxygen atoms in total. The van der Waals surface area contributed by atoms with E-state index in [-0.39, 0.29) is 41.4 Å². The zero-order chi connectivity index (χ0) is 19.5. The first-order valence-electron chi connectivity index (χ1n) is 11.6. The molecule has 0 amide bonds. The second-order valence-electron chi connectivity index (χ2n) is 10.8. The molecule has 29 heavy (non-hydrogen) atoms. The lowest BCUT2D eigenvalue weighted by molar-refractivity contribution is -0.153. The van der Waals surface area contributed by atoms with Crippen molar-refractivity contribution in [1.82, 2.24) is 5.32 Å². The van der Waals surface area contributed by atoms with Gasteiger partial charge in [-0.15, -0.1) is 12.4 Å². The summed E-state index contributed by atoms with van der Waals surface area (Å²) in [5, 5.41) is 19.0. The van der Waals surface area contributed by atoms with Crippen molar-refractivity contribution in [3.8, 4) is 0 Å². The number of ketones is 1. The monoisotopic (exact) mass is 424 g/mol. The van der Waals surface area contributed by atoms with E-state index >= 15 is 0 Å². The maximum atomic E-state index is 12.6. The normalized spacial score (nSPS) is 50.4. The van der Waals surface area contributed by atoms with Gasteiger partial charge < -0.3 is 15.3 Å². The molecule has 6 heteroatoms. The third-order valence-corrected chi connectivity index (χ3v) is 9.57. The van der Waals surface area contributed by atoms with Crippen LogP contribution in [0, 0.1) is 34.5 Å². The highest BCUT2D eigenvalue weighted by Crippen LogP contribution is 2.65. The van der Waals surface area contributed by atoms with Crippen molar-refractivity contribution in [1.29, 1.82) is 0 Å². The predicted octanol–water partition coefficient (Wildman–Crippen LogP) is 3.73. The number of halogens is 1. The van der Waals surface area contributed by atoms with Gasteiger partial charge in [0.1, 0.15) is 11.9 Å². The molecule has 1 unspecified atom stereocenters. The van der Waals surface area contributed by atoms with Crippen LogP contribution in [0.4, 0.5) is 0 Å². The fourth-order valence-electron chi connectivity index (χ4n) is 7.82. The SMILES string of the molecule is C[C@]12CCC(=NO[C@@H]3CCNC3)CC1[C@H](O)C[C@@H]1[C@@H]2CC[C@]2(C)C(=O)CC[C@@H]12.Cl. The molecule has 0 radical (unpaired) electrons. The first kappa shape index (κ1) is 21.6. The van der Waals surface area contributed by atoms with E-state index in [1.807, 2.05) is 0 Å². The molecule has 4 aliphatic carbocycles. The number of oxime groups is 1. The van der Waals surface area contributed by atoms with Crippen molar-refractivity contribution < 1.29 is 14.7 Å². The number of hydrogen-bond acceptors (Lipinski definition) is 5. The second-order valence-corrected chi connectivity index (χ2v) is 10.8. The summed E-state index contributed by atoms with van der Waals surface area (Å²) in [7, 11) is 0. The van der Waals surface area contributed by atoms with Crippen molar-refractivity contribution in [2.45, 2.75) is 83.8 Å². The van der Waals surface area contributed by atoms with Gasteiger partial charge >= 0.3 is 0 Å². The number of rotatable bonds is 2. The fourth-order valence-corrected chi connectivity index (χ4v) is 7.82. The Hall–Kier alpha value is -0.650. The molecule has 2 N–H and O–H groups in total. The molecule has 8 atom stereocenters. The predicted molar refractivity (Wildman–Crippen MR) is 115 cm³/mol. The maximum Gasteiger partial charge on any atom is 0.141 e. The van der Waals surface area contributed by atoms with Crippen molar-refractivity contribution in [2.75, 3.05) is 13.1 Å². The average molecular weight is 425 g/mol. The van der Waals surface area contributed by atoms with Gasteiger partial charge in [-0.25, -0.2) is 0 Å². The number of fused-ring (bicyclic) bond motifs is 5. The molecule has 1 heterocycles. The van der Waals surface area contributed by atoms with Crippen LogP contribution in [0.3, 0.4) is 0 Å². The Morgan fingerprint density at radius 1 is 1.10 bits per heavy atom. The molecule has 5 aliphatic rings. The zero-order valence-electron chi connectivity index (χ0n) is 17.9. The van der Waals surface area contributed by atoms with E-state index in [9.17, 15) is 9.90 Å². The van der Waals surface area contributed by atoms with E-state index in [1.165, 1.54) is 0 Å². The number of aliphatic hydroxyl groups is 1. The molecule has 0 aromatic rings. The number of carbonyl (C=O) groups excluding carboxylic acids is 1. The van der Waals surface area contributed by atoms with E-state index < -0.39 is 0 Å². The van der Waals surface area contributed by atoms with Crippen molar-refractivity contribution in [2.24, 2.45) is 39.7 Å². The highest BCUT2D eigenvalue weighted by molar-refractivity contribution is 5.87. The molecule has 5 fully saturated rings. The van der Waals surface area contributed by atoms with Crippen LogP contribution in [-0.4, -0.2) is 41.9 Å². The van der Waals surface area contributed by atoms with Crippen LogP contribution >= 0.6 is 12.4 Å². The van der Waals surface area contributed by atoms with E-state index in [0.717, 1.165) is 76.6 Å². The summed E-state index contributed by atoms with van der Waals surface area (Å²) in [6, 6.07) is 0. The number of Topliss-reactive ketones (excluding diaryl/α,β-unsaturated/α-hetero) is 1. The number of carbonyl (C=O) groups is 1. The van der Waals surface area contributed by atoms with Crippen LogP contribution in [-0.2, 0) is 9.63 Å². The first-order chi connectivity index (χ1) is 13.4. The van der Waals surface area contributed by atoms with Gasteiger partial charge in [0.15, 0.2) is 0 Å². The molecule has 0 bridgehead atoms. The Labute approximate surface area is 180 Å². The van der Waals surface area contributed by atoms with Gasteiger partial charge in [0.05, 0.1) is 11.8 Å². The van der Waals surface area contributed by atoms with Crippen LogP contribution in [0.15, 0.2) is 5.16 Å². The molecule has 0 spiro atoms. The summed E-state index contributed by atoms with van der Waals surface area (Å²) >= 11 is 0. The van der Waals surface area contributed by atoms with E-state index in [0.29, 0.717) is 23.5 Å². The maximum absolute atomic E-state index is 12.6. The van der Waals surface area contributed by atoms with Gasteiger partial charge in [0.25, 0.3) is 0 Å². The number of aliphatic hydroxyl groups excluding tert-OH is 1. The van der Waals surface area contributed by atoms with Crippen molar-refractivity contribution >= 4 is 23.9 Å². The van der Waals surface area contributed by atoms with Crippen LogP contribution < -0.4 is 5.32 Å². The lowest BCUT2D eigenvalue weighted by Gasteiger charge is -2.60. The van der Waals surface area contributed by atoms with E-state index in [4.69, 9.17) is 4.84 Å². The summed E-state index contributed by atoms with van der Waals surface area (Å²) in [5.41, 5.74) is 1.20. The summed E-state index contributed by atoms with van der Waals surface area (Å²) in [6.45, 7) is 6.55. The van der Waals surface area contributed by atoms with Crippen LogP contribution in [0.25, 0.3) is 0 Å². The summed E-state index contributed by atoms with van der Waals surface area (Å²) < 4.78 is 0. The van der Waals surface area contributed by atoms with Crippen LogP contribution in [0.5, 0.6) is 0 Å². The highest BCUT2D eigenvalue weighted by atomic mass is 35.5. The van der Waals surface area contributed by atoms with Crippen LogP contribution in [0.1, 0.15) is 71.6 Å². The fraction of sp³-hybridized carbons (Fsp3) is 0.913. The largest absolute Gasteiger partial charge is 0.393 e. The average Bonchev–Trinajstić information content (AvgIpc) is 3.29. The third-order valence-electron chi connectivity index (χ3n) is 9.57. The lowest BCUT2D eigenvalue weighted by Crippen LogP contribution is -2.57. The smallest absolute Gasteiger partial charge is 0.141 e. The minimum atomic E-state index is -0.275. The van der Waals surface area contributed by atoms with E-state index in [2.05, 4.69) is 24.3 Å². The van der Waals surface area contributed by atoms with Crippen molar-refractivity contribution in [3.63, 3.8) is 0 Å². The summed E-state index contributed by atoms with van der Waals surface area (Å²) in [5.74, 6) is 2.41.